The molecule has 0 aromatic heterocycles. The van der Waals surface area contributed by atoms with Crippen LogP contribution in [0.4, 0.5) is 0 Å². The number of carbonyl (C=O) groups is 1. The zero-order valence-electron chi connectivity index (χ0n) is 16.9. The SMILES string of the molecule is CC(C)C(C)/C(=N\NC=O)c1ccc(OC2CCN(C3CCC3)CC2)cc1. The summed E-state index contributed by atoms with van der Waals surface area (Å²) >= 11 is 0. The molecule has 2 aliphatic rings. The minimum Gasteiger partial charge on any atom is -0.490 e. The van der Waals surface area contributed by atoms with Gasteiger partial charge in [-0.2, -0.15) is 5.10 Å². The van der Waals surface area contributed by atoms with Crippen molar-refractivity contribution in [3.63, 3.8) is 0 Å². The summed E-state index contributed by atoms with van der Waals surface area (Å²) in [5.41, 5.74) is 4.38. The van der Waals surface area contributed by atoms with Gasteiger partial charge < -0.3 is 9.64 Å². The molecule has 1 amide bonds. The van der Waals surface area contributed by atoms with Crippen LogP contribution in [0.25, 0.3) is 0 Å². The molecular weight excluding hydrogens is 338 g/mol. The average Bonchev–Trinajstić information content (AvgIpc) is 2.63. The number of hydrogen-bond donors (Lipinski definition) is 1. The fourth-order valence-corrected chi connectivity index (χ4v) is 3.85. The first-order valence-electron chi connectivity index (χ1n) is 10.4. The number of hydrazone groups is 1. The van der Waals surface area contributed by atoms with Crippen LogP contribution in [0, 0.1) is 11.8 Å². The largest absolute Gasteiger partial charge is 0.490 e. The van der Waals surface area contributed by atoms with Crippen LogP contribution in [0.5, 0.6) is 5.75 Å². The summed E-state index contributed by atoms with van der Waals surface area (Å²) in [5.74, 6) is 1.61. The number of rotatable bonds is 8. The first-order chi connectivity index (χ1) is 13.1. The lowest BCUT2D eigenvalue weighted by molar-refractivity contribution is -0.109. The van der Waals surface area contributed by atoms with Crippen LogP contribution in [0.2, 0.25) is 0 Å². The molecule has 1 heterocycles. The number of carbonyl (C=O) groups excluding carboxylic acids is 1. The van der Waals surface area contributed by atoms with Crippen molar-refractivity contribution in [2.75, 3.05) is 13.1 Å². The Morgan fingerprint density at radius 2 is 1.81 bits per heavy atom. The lowest BCUT2D eigenvalue weighted by Gasteiger charge is -2.41. The number of likely N-dealkylation sites (tertiary alicyclic amines) is 1. The molecule has 2 fully saturated rings. The molecule has 1 saturated heterocycles. The molecule has 0 bridgehead atoms. The topological polar surface area (TPSA) is 53.9 Å². The molecular formula is C22H33N3O2. The van der Waals surface area contributed by atoms with Crippen LogP contribution >= 0.6 is 0 Å². The number of amides is 1. The number of ether oxygens (including phenoxy) is 1. The van der Waals surface area contributed by atoms with Gasteiger partial charge >= 0.3 is 0 Å². The summed E-state index contributed by atoms with van der Waals surface area (Å²) in [6.07, 6.45) is 7.30. The third-order valence-corrected chi connectivity index (χ3v) is 6.19. The van der Waals surface area contributed by atoms with E-state index in [1.165, 1.54) is 19.3 Å². The number of nitrogens with zero attached hydrogens (tertiary/aromatic N) is 2. The molecule has 1 N–H and O–H groups in total. The zero-order valence-corrected chi connectivity index (χ0v) is 16.9. The molecule has 3 rings (SSSR count). The van der Waals surface area contributed by atoms with Crippen molar-refractivity contribution in [1.82, 2.24) is 10.3 Å². The Labute approximate surface area is 163 Å². The molecule has 0 spiro atoms. The summed E-state index contributed by atoms with van der Waals surface area (Å²) in [5, 5.41) is 4.27. The van der Waals surface area contributed by atoms with Crippen LogP contribution in [-0.2, 0) is 4.79 Å². The maximum absolute atomic E-state index is 10.7. The molecule has 1 atom stereocenters. The van der Waals surface area contributed by atoms with Crippen molar-refractivity contribution in [1.29, 1.82) is 0 Å². The smallest absolute Gasteiger partial charge is 0.227 e. The Kier molecular flexibility index (Phi) is 6.89. The van der Waals surface area contributed by atoms with E-state index in [4.69, 9.17) is 4.74 Å². The molecule has 1 unspecified atom stereocenters. The van der Waals surface area contributed by atoms with E-state index in [9.17, 15) is 4.79 Å². The van der Waals surface area contributed by atoms with Crippen LogP contribution < -0.4 is 10.2 Å². The van der Waals surface area contributed by atoms with E-state index < -0.39 is 0 Å². The second-order valence-corrected chi connectivity index (χ2v) is 8.24. The number of piperidine rings is 1. The summed E-state index contributed by atoms with van der Waals surface area (Å²) < 4.78 is 6.22. The predicted molar refractivity (Wildman–Crippen MR) is 109 cm³/mol. The third kappa shape index (κ3) is 5.10. The Morgan fingerprint density at radius 1 is 1.15 bits per heavy atom. The van der Waals surface area contributed by atoms with Gasteiger partial charge in [0.05, 0.1) is 5.71 Å². The molecule has 0 radical (unpaired) electrons. The van der Waals surface area contributed by atoms with Crippen molar-refractivity contribution in [3.05, 3.63) is 29.8 Å². The summed E-state index contributed by atoms with van der Waals surface area (Å²) in [7, 11) is 0. The van der Waals surface area contributed by atoms with Gasteiger partial charge in [0.15, 0.2) is 0 Å². The highest BCUT2D eigenvalue weighted by atomic mass is 16.5. The molecule has 1 aliphatic heterocycles. The Bertz CT molecular complexity index is 629. The van der Waals surface area contributed by atoms with E-state index in [0.717, 1.165) is 49.0 Å². The quantitative estimate of drug-likeness (QED) is 0.429. The fraction of sp³-hybridized carbons (Fsp3) is 0.636. The minimum atomic E-state index is 0.250. The monoisotopic (exact) mass is 371 g/mol. The van der Waals surface area contributed by atoms with Gasteiger partial charge in [0.2, 0.25) is 6.41 Å². The summed E-state index contributed by atoms with van der Waals surface area (Å²) in [6, 6.07) is 8.98. The first-order valence-corrected chi connectivity index (χ1v) is 10.4. The molecule has 1 aromatic carbocycles. The molecule has 1 aromatic rings. The van der Waals surface area contributed by atoms with E-state index in [-0.39, 0.29) is 5.92 Å². The molecule has 1 saturated carbocycles. The molecule has 1 aliphatic carbocycles. The Hall–Kier alpha value is -1.88. The second kappa shape index (κ2) is 9.36. The highest BCUT2D eigenvalue weighted by Crippen LogP contribution is 2.29. The maximum atomic E-state index is 10.7. The minimum absolute atomic E-state index is 0.250. The van der Waals surface area contributed by atoms with Gasteiger partial charge in [-0.3, -0.25) is 4.79 Å². The second-order valence-electron chi connectivity index (χ2n) is 8.24. The molecule has 5 nitrogen and oxygen atoms in total. The lowest BCUT2D eigenvalue weighted by atomic mass is 9.89. The third-order valence-electron chi connectivity index (χ3n) is 6.19. The Morgan fingerprint density at radius 3 is 2.33 bits per heavy atom. The fourth-order valence-electron chi connectivity index (χ4n) is 3.85. The van der Waals surface area contributed by atoms with Crippen molar-refractivity contribution in [3.8, 4) is 5.75 Å². The molecule has 148 valence electrons. The van der Waals surface area contributed by atoms with Gasteiger partial charge in [0.1, 0.15) is 11.9 Å². The van der Waals surface area contributed by atoms with E-state index in [2.05, 4.69) is 36.2 Å². The van der Waals surface area contributed by atoms with Crippen LogP contribution in [0.3, 0.4) is 0 Å². The van der Waals surface area contributed by atoms with E-state index >= 15 is 0 Å². The zero-order chi connectivity index (χ0) is 19.2. The van der Waals surface area contributed by atoms with Crippen molar-refractivity contribution < 1.29 is 9.53 Å². The van der Waals surface area contributed by atoms with Gasteiger partial charge in [-0.05, 0) is 61.4 Å². The highest BCUT2D eigenvalue weighted by molar-refractivity contribution is 6.02. The Balaban J connectivity index is 1.58. The number of hydrogen-bond acceptors (Lipinski definition) is 4. The maximum Gasteiger partial charge on any atom is 0.227 e. The van der Waals surface area contributed by atoms with Crippen molar-refractivity contribution in [2.24, 2.45) is 16.9 Å². The van der Waals surface area contributed by atoms with E-state index in [0.29, 0.717) is 18.4 Å². The lowest BCUT2D eigenvalue weighted by Crippen LogP contribution is -2.46. The normalized spacial score (nSPS) is 21.0. The van der Waals surface area contributed by atoms with Crippen LogP contribution in [-0.4, -0.2) is 42.3 Å². The van der Waals surface area contributed by atoms with E-state index in [1.807, 2.05) is 24.3 Å². The summed E-state index contributed by atoms with van der Waals surface area (Å²) in [6.45, 7) is 8.78. The van der Waals surface area contributed by atoms with Gasteiger partial charge in [0.25, 0.3) is 0 Å². The predicted octanol–water partition coefficient (Wildman–Crippen LogP) is 3.82. The van der Waals surface area contributed by atoms with E-state index in [1.54, 1.807) is 0 Å². The first kappa shape index (κ1) is 19.9. The van der Waals surface area contributed by atoms with Crippen molar-refractivity contribution in [2.45, 2.75) is 65.0 Å². The summed E-state index contributed by atoms with van der Waals surface area (Å²) in [4.78, 5) is 13.3. The standard InChI is InChI=1S/C22H33N3O2/c1-16(2)17(3)22(24-23-15-26)18-7-9-20(10-8-18)27-21-11-13-25(14-12-21)19-5-4-6-19/h7-10,15-17,19,21H,4-6,11-14H2,1-3H3,(H,23,26)/b24-22+. The van der Waals surface area contributed by atoms with Crippen LogP contribution in [0.1, 0.15) is 58.4 Å². The average molecular weight is 372 g/mol. The molecule has 5 heteroatoms. The number of benzene rings is 1. The van der Waals surface area contributed by atoms with Crippen LogP contribution in [0.15, 0.2) is 29.4 Å². The molecule has 27 heavy (non-hydrogen) atoms. The van der Waals surface area contributed by atoms with Gasteiger partial charge in [0, 0.05) is 25.0 Å². The van der Waals surface area contributed by atoms with Gasteiger partial charge in [-0.1, -0.05) is 27.2 Å². The number of nitrogens with one attached hydrogen (secondary N) is 1. The van der Waals surface area contributed by atoms with Gasteiger partial charge in [-0.25, -0.2) is 5.43 Å². The van der Waals surface area contributed by atoms with Crippen molar-refractivity contribution >= 4 is 12.1 Å². The highest BCUT2D eigenvalue weighted by Gasteiger charge is 2.29. The van der Waals surface area contributed by atoms with Gasteiger partial charge in [-0.15, -0.1) is 0 Å².